The molecule has 0 aliphatic carbocycles. The first kappa shape index (κ1) is 13.9. The summed E-state index contributed by atoms with van der Waals surface area (Å²) in [6.07, 6.45) is -2.94. The Morgan fingerprint density at radius 3 is 2.65 bits per heavy atom. The molecule has 20 heavy (non-hydrogen) atoms. The van der Waals surface area contributed by atoms with E-state index in [1.807, 2.05) is 0 Å². The number of nitrogens with zero attached hydrogens (tertiary/aromatic N) is 3. The zero-order chi connectivity index (χ0) is 14.8. The maximum atomic E-state index is 12.9. The quantitative estimate of drug-likeness (QED) is 0.940. The topological polar surface area (TPSA) is 53.6 Å². The predicted octanol–water partition coefficient (Wildman–Crippen LogP) is 2.92. The van der Waals surface area contributed by atoms with Gasteiger partial charge in [-0.15, -0.1) is 0 Å². The molecule has 7 heteroatoms. The fraction of sp³-hybridized carbons (Fsp3) is 0.231. The van der Waals surface area contributed by atoms with Crippen molar-refractivity contribution in [3.8, 4) is 6.07 Å². The summed E-state index contributed by atoms with van der Waals surface area (Å²) in [6.45, 7) is 0.214. The molecule has 0 aliphatic rings. The number of anilines is 1. The van der Waals surface area contributed by atoms with Crippen molar-refractivity contribution < 1.29 is 13.2 Å². The van der Waals surface area contributed by atoms with Crippen molar-refractivity contribution in [2.24, 2.45) is 7.05 Å². The predicted molar refractivity (Wildman–Crippen MR) is 66.7 cm³/mol. The third-order valence-corrected chi connectivity index (χ3v) is 2.84. The molecule has 2 rings (SSSR count). The van der Waals surface area contributed by atoms with Gasteiger partial charge in [0.2, 0.25) is 0 Å². The van der Waals surface area contributed by atoms with Crippen molar-refractivity contribution in [1.82, 2.24) is 9.78 Å². The number of rotatable bonds is 3. The van der Waals surface area contributed by atoms with Crippen LogP contribution < -0.4 is 5.32 Å². The molecule has 0 radical (unpaired) electrons. The van der Waals surface area contributed by atoms with Crippen molar-refractivity contribution in [3.63, 3.8) is 0 Å². The van der Waals surface area contributed by atoms with E-state index in [1.165, 1.54) is 12.1 Å². The van der Waals surface area contributed by atoms with Gasteiger partial charge in [0.1, 0.15) is 0 Å². The second-order valence-corrected chi connectivity index (χ2v) is 4.17. The molecular formula is C13H11F3N4. The maximum absolute atomic E-state index is 12.9. The van der Waals surface area contributed by atoms with Crippen LogP contribution in [0, 0.1) is 11.3 Å². The third-order valence-electron chi connectivity index (χ3n) is 2.84. The van der Waals surface area contributed by atoms with Crippen molar-refractivity contribution >= 4 is 5.69 Å². The van der Waals surface area contributed by atoms with Crippen LogP contribution in [0.5, 0.6) is 0 Å². The molecule has 0 aliphatic heterocycles. The second kappa shape index (κ2) is 5.25. The lowest BCUT2D eigenvalue weighted by atomic mass is 10.1. The number of halogens is 3. The van der Waals surface area contributed by atoms with Crippen molar-refractivity contribution in [3.05, 3.63) is 47.3 Å². The lowest BCUT2D eigenvalue weighted by Crippen LogP contribution is -2.12. The average molecular weight is 280 g/mol. The van der Waals surface area contributed by atoms with Crippen LogP contribution in [-0.4, -0.2) is 9.78 Å². The van der Waals surface area contributed by atoms with Gasteiger partial charge in [0.05, 0.1) is 29.4 Å². The first-order chi connectivity index (χ1) is 9.41. The second-order valence-electron chi connectivity index (χ2n) is 4.17. The molecule has 0 unspecified atom stereocenters. The number of aryl methyl sites for hydroxylation is 1. The Hall–Kier alpha value is -2.49. The lowest BCUT2D eigenvalue weighted by Gasteiger charge is -2.15. The number of hydrogen-bond acceptors (Lipinski definition) is 3. The van der Waals surface area contributed by atoms with Gasteiger partial charge in [-0.1, -0.05) is 0 Å². The molecule has 1 aromatic carbocycles. The summed E-state index contributed by atoms with van der Waals surface area (Å²) in [5, 5.41) is 15.3. The Morgan fingerprint density at radius 1 is 1.35 bits per heavy atom. The molecule has 0 atom stereocenters. The monoisotopic (exact) mass is 280 g/mol. The van der Waals surface area contributed by atoms with E-state index in [0.717, 1.165) is 11.8 Å². The summed E-state index contributed by atoms with van der Waals surface area (Å²) in [6, 6.07) is 6.86. The van der Waals surface area contributed by atoms with Gasteiger partial charge in [-0.05, 0) is 24.3 Å². The van der Waals surface area contributed by atoms with Gasteiger partial charge in [-0.3, -0.25) is 4.68 Å². The molecule has 2 aromatic rings. The van der Waals surface area contributed by atoms with Gasteiger partial charge in [0.15, 0.2) is 0 Å². The Labute approximate surface area is 113 Å². The van der Waals surface area contributed by atoms with Crippen LogP contribution in [0.2, 0.25) is 0 Å². The zero-order valence-electron chi connectivity index (χ0n) is 10.6. The van der Waals surface area contributed by atoms with Crippen molar-refractivity contribution in [1.29, 1.82) is 5.26 Å². The molecule has 0 bridgehead atoms. The van der Waals surface area contributed by atoms with Gasteiger partial charge >= 0.3 is 6.18 Å². The van der Waals surface area contributed by atoms with Crippen LogP contribution >= 0.6 is 0 Å². The minimum Gasteiger partial charge on any atom is -0.379 e. The number of nitrogens with one attached hydrogen (secondary N) is 1. The molecule has 0 spiro atoms. The van der Waals surface area contributed by atoms with Crippen LogP contribution in [-0.2, 0) is 19.8 Å². The smallest absolute Gasteiger partial charge is 0.379 e. The number of hydrogen-bond donors (Lipinski definition) is 1. The fourth-order valence-electron chi connectivity index (χ4n) is 1.76. The largest absolute Gasteiger partial charge is 0.418 e. The number of alkyl halides is 3. The highest BCUT2D eigenvalue weighted by Gasteiger charge is 2.33. The summed E-state index contributed by atoms with van der Waals surface area (Å²) < 4.78 is 40.4. The Bertz CT molecular complexity index is 652. The molecule has 104 valence electrons. The molecule has 1 heterocycles. The van der Waals surface area contributed by atoms with E-state index >= 15 is 0 Å². The van der Waals surface area contributed by atoms with E-state index in [1.54, 1.807) is 30.1 Å². The van der Waals surface area contributed by atoms with E-state index in [-0.39, 0.29) is 17.8 Å². The molecular weight excluding hydrogens is 269 g/mol. The average Bonchev–Trinajstić information content (AvgIpc) is 2.80. The molecule has 0 saturated carbocycles. The van der Waals surface area contributed by atoms with Crippen LogP contribution in [0.3, 0.4) is 0 Å². The first-order valence-electron chi connectivity index (χ1n) is 5.74. The Morgan fingerprint density at radius 2 is 2.10 bits per heavy atom. The highest BCUT2D eigenvalue weighted by atomic mass is 19.4. The lowest BCUT2D eigenvalue weighted by molar-refractivity contribution is -0.137. The molecule has 1 N–H and O–H groups in total. The molecule has 0 amide bonds. The summed E-state index contributed by atoms with van der Waals surface area (Å²) >= 11 is 0. The molecule has 1 aromatic heterocycles. The van der Waals surface area contributed by atoms with Gasteiger partial charge in [0.25, 0.3) is 0 Å². The Kier molecular flexibility index (Phi) is 3.66. The van der Waals surface area contributed by atoms with Gasteiger partial charge < -0.3 is 5.32 Å². The SMILES string of the molecule is Cn1nccc1CNc1ccc(C#N)cc1C(F)(F)F. The first-order valence-corrected chi connectivity index (χ1v) is 5.74. The van der Waals surface area contributed by atoms with E-state index < -0.39 is 11.7 Å². The zero-order valence-corrected chi connectivity index (χ0v) is 10.6. The van der Waals surface area contributed by atoms with Gasteiger partial charge in [0, 0.05) is 18.9 Å². The molecule has 0 saturated heterocycles. The highest BCUT2D eigenvalue weighted by Crippen LogP contribution is 2.35. The van der Waals surface area contributed by atoms with Gasteiger partial charge in [-0.2, -0.15) is 23.5 Å². The number of aromatic nitrogens is 2. The normalized spacial score (nSPS) is 11.2. The maximum Gasteiger partial charge on any atom is 0.418 e. The van der Waals surface area contributed by atoms with E-state index in [2.05, 4.69) is 10.4 Å². The number of nitriles is 1. The van der Waals surface area contributed by atoms with Gasteiger partial charge in [-0.25, -0.2) is 0 Å². The van der Waals surface area contributed by atoms with Crippen LogP contribution in [0.4, 0.5) is 18.9 Å². The Balaban J connectivity index is 2.28. The molecule has 0 fully saturated rings. The van der Waals surface area contributed by atoms with Crippen LogP contribution in [0.25, 0.3) is 0 Å². The highest BCUT2D eigenvalue weighted by molar-refractivity contribution is 5.56. The van der Waals surface area contributed by atoms with E-state index in [4.69, 9.17) is 5.26 Å². The molecule has 4 nitrogen and oxygen atoms in total. The summed E-state index contributed by atoms with van der Waals surface area (Å²) in [5.41, 5.74) is -0.178. The standard InChI is InChI=1S/C13H11F3N4/c1-20-10(4-5-19-20)8-18-12-3-2-9(7-17)6-11(12)13(14,15)16/h2-6,18H,8H2,1H3. The number of benzene rings is 1. The summed E-state index contributed by atoms with van der Waals surface area (Å²) in [5.74, 6) is 0. The summed E-state index contributed by atoms with van der Waals surface area (Å²) in [4.78, 5) is 0. The van der Waals surface area contributed by atoms with Crippen molar-refractivity contribution in [2.45, 2.75) is 12.7 Å². The summed E-state index contributed by atoms with van der Waals surface area (Å²) in [7, 11) is 1.71. The fourth-order valence-corrected chi connectivity index (χ4v) is 1.76. The van der Waals surface area contributed by atoms with Crippen LogP contribution in [0.1, 0.15) is 16.8 Å². The minimum atomic E-state index is -4.51. The third kappa shape index (κ3) is 2.91. The van der Waals surface area contributed by atoms with E-state index in [0.29, 0.717) is 0 Å². The van der Waals surface area contributed by atoms with E-state index in [9.17, 15) is 13.2 Å². The van der Waals surface area contributed by atoms with Crippen molar-refractivity contribution in [2.75, 3.05) is 5.32 Å². The van der Waals surface area contributed by atoms with Crippen LogP contribution in [0.15, 0.2) is 30.5 Å². The minimum absolute atomic E-state index is 0.0246.